The third kappa shape index (κ3) is 5.76. The minimum atomic E-state index is -0.307. The van der Waals surface area contributed by atoms with Gasteiger partial charge in [0.2, 0.25) is 0 Å². The molecule has 0 bridgehead atoms. The maximum Gasteiger partial charge on any atom is 0.319 e. The molecule has 0 aromatic heterocycles. The zero-order valence-electron chi connectivity index (χ0n) is 13.9. The van der Waals surface area contributed by atoms with E-state index in [-0.39, 0.29) is 31.1 Å². The molecule has 0 atom stereocenters. The van der Waals surface area contributed by atoms with E-state index in [1.807, 2.05) is 18.2 Å². The third-order valence-electron chi connectivity index (χ3n) is 3.22. The molecule has 1 rings (SSSR count). The Morgan fingerprint density at radius 2 is 1.73 bits per heavy atom. The van der Waals surface area contributed by atoms with E-state index in [4.69, 9.17) is 4.74 Å². The van der Waals surface area contributed by atoms with Gasteiger partial charge < -0.3 is 15.4 Å². The summed E-state index contributed by atoms with van der Waals surface area (Å²) in [6.45, 7) is 7.96. The first kappa shape index (κ1) is 18.0. The lowest BCUT2D eigenvalue weighted by Crippen LogP contribution is -2.31. The number of urea groups is 1. The van der Waals surface area contributed by atoms with Crippen molar-refractivity contribution < 1.29 is 14.3 Å². The van der Waals surface area contributed by atoms with Gasteiger partial charge >= 0.3 is 12.0 Å². The Balaban J connectivity index is 2.54. The summed E-state index contributed by atoms with van der Waals surface area (Å²) < 4.78 is 5.01. The summed E-state index contributed by atoms with van der Waals surface area (Å²) in [4.78, 5) is 23.4. The van der Waals surface area contributed by atoms with Crippen LogP contribution in [0, 0.1) is 0 Å². The van der Waals surface area contributed by atoms with E-state index in [0.717, 1.165) is 29.7 Å². The lowest BCUT2D eigenvalue weighted by Gasteiger charge is -2.15. The Bertz CT molecular complexity index is 490. The van der Waals surface area contributed by atoms with Gasteiger partial charge in [-0.1, -0.05) is 32.0 Å². The summed E-state index contributed by atoms with van der Waals surface area (Å²) >= 11 is 0. The Labute approximate surface area is 132 Å². The number of anilines is 1. The van der Waals surface area contributed by atoms with Gasteiger partial charge in [0.05, 0.1) is 12.5 Å². The fourth-order valence-corrected chi connectivity index (χ4v) is 2.16. The Hall–Kier alpha value is -2.04. The standard InChI is InChI=1S/C17H26N2O3/c1-5-13-8-7-9-14(6-2)16(13)19-17(21)18-11-10-15(20)22-12(3)4/h7-9,12H,5-6,10-11H2,1-4H3,(H2,18,19,21). The zero-order valence-corrected chi connectivity index (χ0v) is 13.9. The number of benzene rings is 1. The number of hydrogen-bond donors (Lipinski definition) is 2. The molecular formula is C17H26N2O3. The summed E-state index contributed by atoms with van der Waals surface area (Å²) in [5.41, 5.74) is 3.08. The first-order valence-corrected chi connectivity index (χ1v) is 7.83. The molecule has 2 N–H and O–H groups in total. The van der Waals surface area contributed by atoms with Crippen LogP contribution >= 0.6 is 0 Å². The van der Waals surface area contributed by atoms with Crippen LogP contribution in [-0.4, -0.2) is 24.6 Å². The summed E-state index contributed by atoms with van der Waals surface area (Å²) in [6, 6.07) is 5.72. The van der Waals surface area contributed by atoms with E-state index in [1.165, 1.54) is 0 Å². The predicted octanol–water partition coefficient (Wildman–Crippen LogP) is 3.27. The van der Waals surface area contributed by atoms with Crippen LogP contribution in [0.1, 0.15) is 45.2 Å². The summed E-state index contributed by atoms with van der Waals surface area (Å²) in [5.74, 6) is -0.307. The molecule has 0 fully saturated rings. The molecule has 0 aliphatic heterocycles. The number of para-hydroxylation sites is 1. The maximum absolute atomic E-state index is 12.0. The third-order valence-corrected chi connectivity index (χ3v) is 3.22. The van der Waals surface area contributed by atoms with Gasteiger partial charge in [0.15, 0.2) is 0 Å². The molecule has 5 nitrogen and oxygen atoms in total. The summed E-state index contributed by atoms with van der Waals surface area (Å²) in [5, 5.41) is 5.58. The van der Waals surface area contributed by atoms with Crippen LogP contribution < -0.4 is 10.6 Å². The minimum absolute atomic E-state index is 0.134. The van der Waals surface area contributed by atoms with Gasteiger partial charge in [0.25, 0.3) is 0 Å². The number of carbonyl (C=O) groups excluding carboxylic acids is 2. The highest BCUT2D eigenvalue weighted by atomic mass is 16.5. The molecule has 122 valence electrons. The van der Waals surface area contributed by atoms with Gasteiger partial charge in [-0.05, 0) is 37.8 Å². The molecule has 5 heteroatoms. The molecule has 0 heterocycles. The van der Waals surface area contributed by atoms with Gasteiger partial charge in [0.1, 0.15) is 0 Å². The second-order valence-electron chi connectivity index (χ2n) is 5.33. The fraction of sp³-hybridized carbons (Fsp3) is 0.529. The Kier molecular flexibility index (Phi) is 7.43. The molecule has 22 heavy (non-hydrogen) atoms. The predicted molar refractivity (Wildman–Crippen MR) is 88.1 cm³/mol. The monoisotopic (exact) mass is 306 g/mol. The Morgan fingerprint density at radius 3 is 2.23 bits per heavy atom. The molecule has 0 unspecified atom stereocenters. The van der Waals surface area contributed by atoms with Crippen molar-refractivity contribution in [3.8, 4) is 0 Å². The summed E-state index contributed by atoms with van der Waals surface area (Å²) in [6.07, 6.45) is 1.74. The van der Waals surface area contributed by atoms with Crippen molar-refractivity contribution in [3.05, 3.63) is 29.3 Å². The van der Waals surface area contributed by atoms with Crippen LogP contribution in [0.2, 0.25) is 0 Å². The van der Waals surface area contributed by atoms with Crippen LogP contribution in [0.3, 0.4) is 0 Å². The van der Waals surface area contributed by atoms with Gasteiger partial charge in [-0.2, -0.15) is 0 Å². The molecule has 0 radical (unpaired) electrons. The molecule has 0 saturated carbocycles. The molecule has 1 aromatic rings. The first-order valence-electron chi connectivity index (χ1n) is 7.83. The van der Waals surface area contributed by atoms with E-state index >= 15 is 0 Å². The number of nitrogens with one attached hydrogen (secondary N) is 2. The van der Waals surface area contributed by atoms with Crippen molar-refractivity contribution in [2.75, 3.05) is 11.9 Å². The second kappa shape index (κ2) is 9.07. The van der Waals surface area contributed by atoms with Crippen molar-refractivity contribution in [1.82, 2.24) is 5.32 Å². The van der Waals surface area contributed by atoms with Crippen LogP contribution in [0.25, 0.3) is 0 Å². The number of amides is 2. The number of esters is 1. The lowest BCUT2D eigenvalue weighted by molar-refractivity contribution is -0.147. The molecule has 0 saturated heterocycles. The van der Waals surface area contributed by atoms with Crippen LogP contribution in [0.5, 0.6) is 0 Å². The smallest absolute Gasteiger partial charge is 0.319 e. The number of aryl methyl sites for hydroxylation is 2. The fourth-order valence-electron chi connectivity index (χ4n) is 2.16. The van der Waals surface area contributed by atoms with E-state index in [9.17, 15) is 9.59 Å². The highest BCUT2D eigenvalue weighted by Gasteiger charge is 2.11. The van der Waals surface area contributed by atoms with E-state index < -0.39 is 0 Å². The van der Waals surface area contributed by atoms with Crippen molar-refractivity contribution in [1.29, 1.82) is 0 Å². The van der Waals surface area contributed by atoms with Gasteiger partial charge in [-0.15, -0.1) is 0 Å². The average Bonchev–Trinajstić information content (AvgIpc) is 2.46. The van der Waals surface area contributed by atoms with Crippen molar-refractivity contribution in [2.45, 2.75) is 53.1 Å². The molecular weight excluding hydrogens is 280 g/mol. The molecule has 2 amide bonds. The molecule has 1 aromatic carbocycles. The van der Waals surface area contributed by atoms with Gasteiger partial charge in [-0.3, -0.25) is 4.79 Å². The largest absolute Gasteiger partial charge is 0.463 e. The molecule has 0 aliphatic rings. The van der Waals surface area contributed by atoms with Crippen LogP contribution in [-0.2, 0) is 22.4 Å². The SMILES string of the molecule is CCc1cccc(CC)c1NC(=O)NCCC(=O)OC(C)C. The van der Waals surface area contributed by atoms with Crippen molar-refractivity contribution in [3.63, 3.8) is 0 Å². The van der Waals surface area contributed by atoms with Gasteiger partial charge in [0, 0.05) is 12.2 Å². The first-order chi connectivity index (χ1) is 10.5. The second-order valence-corrected chi connectivity index (χ2v) is 5.33. The van der Waals surface area contributed by atoms with E-state index in [2.05, 4.69) is 24.5 Å². The van der Waals surface area contributed by atoms with Crippen LogP contribution in [0.15, 0.2) is 18.2 Å². The van der Waals surface area contributed by atoms with E-state index in [1.54, 1.807) is 13.8 Å². The normalized spacial score (nSPS) is 10.4. The maximum atomic E-state index is 12.0. The number of ether oxygens (including phenoxy) is 1. The quantitative estimate of drug-likeness (QED) is 0.760. The zero-order chi connectivity index (χ0) is 16.5. The van der Waals surface area contributed by atoms with Crippen molar-refractivity contribution in [2.24, 2.45) is 0 Å². The number of hydrogen-bond acceptors (Lipinski definition) is 3. The summed E-state index contributed by atoms with van der Waals surface area (Å²) in [7, 11) is 0. The minimum Gasteiger partial charge on any atom is -0.463 e. The highest BCUT2D eigenvalue weighted by Crippen LogP contribution is 2.22. The molecule has 0 spiro atoms. The highest BCUT2D eigenvalue weighted by molar-refractivity contribution is 5.91. The van der Waals surface area contributed by atoms with E-state index in [0.29, 0.717) is 0 Å². The molecule has 0 aliphatic carbocycles. The number of carbonyl (C=O) groups is 2. The Morgan fingerprint density at radius 1 is 1.14 bits per heavy atom. The van der Waals surface area contributed by atoms with Gasteiger partial charge in [-0.25, -0.2) is 4.79 Å². The average molecular weight is 306 g/mol. The lowest BCUT2D eigenvalue weighted by atomic mass is 10.0. The number of rotatable bonds is 7. The topological polar surface area (TPSA) is 67.4 Å². The van der Waals surface area contributed by atoms with Crippen LogP contribution in [0.4, 0.5) is 10.5 Å². The van der Waals surface area contributed by atoms with Crippen molar-refractivity contribution >= 4 is 17.7 Å².